The largest absolute Gasteiger partial charge is 0.366 e. The summed E-state index contributed by atoms with van der Waals surface area (Å²) in [7, 11) is 4.15. The third-order valence-corrected chi connectivity index (χ3v) is 3.28. The summed E-state index contributed by atoms with van der Waals surface area (Å²) in [5.41, 5.74) is 2.52. The first-order valence-corrected chi connectivity index (χ1v) is 7.64. The summed E-state index contributed by atoms with van der Waals surface area (Å²) in [4.78, 5) is 10.9. The van der Waals surface area contributed by atoms with Crippen LogP contribution in [0.2, 0.25) is 0 Å². The lowest BCUT2D eigenvalue weighted by Crippen LogP contribution is -2.17. The van der Waals surface area contributed by atoms with Crippen LogP contribution in [0, 0.1) is 6.92 Å². The highest BCUT2D eigenvalue weighted by atomic mass is 15.1. The minimum atomic E-state index is 0.674. The first-order valence-electron chi connectivity index (χ1n) is 7.64. The van der Waals surface area contributed by atoms with Gasteiger partial charge < -0.3 is 15.5 Å². The molecule has 118 valence electrons. The number of hydrogen-bond acceptors (Lipinski definition) is 5. The molecule has 0 amide bonds. The molecule has 0 unspecified atom stereocenters. The summed E-state index contributed by atoms with van der Waals surface area (Å²) in [6.07, 6.45) is 2.84. The summed E-state index contributed by atoms with van der Waals surface area (Å²) in [5.74, 6) is 1.51. The van der Waals surface area contributed by atoms with Crippen molar-refractivity contribution in [1.29, 1.82) is 0 Å². The fourth-order valence-corrected chi connectivity index (χ4v) is 2.15. The van der Waals surface area contributed by atoms with Gasteiger partial charge in [0.1, 0.15) is 5.82 Å². The Labute approximate surface area is 132 Å². The Balaban J connectivity index is 1.83. The van der Waals surface area contributed by atoms with Gasteiger partial charge in [-0.2, -0.15) is 4.98 Å². The number of nitrogens with zero attached hydrogens (tertiary/aromatic N) is 3. The van der Waals surface area contributed by atoms with Crippen molar-refractivity contribution in [2.75, 3.05) is 37.8 Å². The lowest BCUT2D eigenvalue weighted by Gasteiger charge is -2.11. The van der Waals surface area contributed by atoms with Gasteiger partial charge in [-0.1, -0.05) is 29.8 Å². The summed E-state index contributed by atoms with van der Waals surface area (Å²) in [6, 6.07) is 10.4. The summed E-state index contributed by atoms with van der Waals surface area (Å²) < 4.78 is 0. The van der Waals surface area contributed by atoms with Gasteiger partial charge in [0.25, 0.3) is 0 Å². The van der Waals surface area contributed by atoms with Crippen LogP contribution in [-0.2, 0) is 6.54 Å². The number of aryl methyl sites for hydroxylation is 1. The molecule has 0 saturated carbocycles. The van der Waals surface area contributed by atoms with Crippen molar-refractivity contribution < 1.29 is 0 Å². The predicted octanol–water partition coefficient (Wildman–Crippen LogP) is 2.76. The van der Waals surface area contributed by atoms with Crippen molar-refractivity contribution in [2.24, 2.45) is 0 Å². The fourth-order valence-electron chi connectivity index (χ4n) is 2.15. The van der Waals surface area contributed by atoms with E-state index in [1.54, 1.807) is 6.20 Å². The molecule has 0 saturated heterocycles. The molecule has 2 aromatic rings. The quantitative estimate of drug-likeness (QED) is 0.734. The van der Waals surface area contributed by atoms with E-state index in [4.69, 9.17) is 0 Å². The van der Waals surface area contributed by atoms with Crippen molar-refractivity contribution in [3.8, 4) is 0 Å². The van der Waals surface area contributed by atoms with E-state index in [-0.39, 0.29) is 0 Å². The molecule has 0 spiro atoms. The molecule has 0 atom stereocenters. The zero-order chi connectivity index (χ0) is 15.8. The Kier molecular flexibility index (Phi) is 6.15. The molecule has 2 rings (SSSR count). The third-order valence-electron chi connectivity index (χ3n) is 3.28. The molecule has 0 aliphatic carbocycles. The average Bonchev–Trinajstić information content (AvgIpc) is 2.50. The third kappa shape index (κ3) is 5.69. The highest BCUT2D eigenvalue weighted by Crippen LogP contribution is 2.09. The zero-order valence-corrected chi connectivity index (χ0v) is 13.6. The molecule has 0 aliphatic heterocycles. The lowest BCUT2D eigenvalue weighted by atomic mass is 10.1. The van der Waals surface area contributed by atoms with Gasteiger partial charge in [-0.05, 0) is 45.6 Å². The smallest absolute Gasteiger partial charge is 0.224 e. The van der Waals surface area contributed by atoms with E-state index < -0.39 is 0 Å². The molecule has 5 nitrogen and oxygen atoms in total. The van der Waals surface area contributed by atoms with Crippen LogP contribution in [0.25, 0.3) is 0 Å². The number of benzene rings is 1. The van der Waals surface area contributed by atoms with Crippen molar-refractivity contribution >= 4 is 11.8 Å². The van der Waals surface area contributed by atoms with Crippen LogP contribution in [0.4, 0.5) is 11.8 Å². The topological polar surface area (TPSA) is 53.1 Å². The first kappa shape index (κ1) is 16.2. The fraction of sp³-hybridized carbons (Fsp3) is 0.412. The summed E-state index contributed by atoms with van der Waals surface area (Å²) in [6.45, 7) is 4.79. The second-order valence-electron chi connectivity index (χ2n) is 5.69. The Hall–Kier alpha value is -2.14. The predicted molar refractivity (Wildman–Crippen MR) is 92.2 cm³/mol. The molecule has 1 aromatic carbocycles. The van der Waals surface area contributed by atoms with Gasteiger partial charge in [0.05, 0.1) is 0 Å². The Morgan fingerprint density at radius 3 is 2.77 bits per heavy atom. The average molecular weight is 299 g/mol. The van der Waals surface area contributed by atoms with E-state index in [1.807, 2.05) is 6.07 Å². The van der Waals surface area contributed by atoms with Crippen molar-refractivity contribution in [1.82, 2.24) is 14.9 Å². The summed E-state index contributed by atoms with van der Waals surface area (Å²) >= 11 is 0. The van der Waals surface area contributed by atoms with Gasteiger partial charge in [0.15, 0.2) is 0 Å². The maximum absolute atomic E-state index is 4.48. The van der Waals surface area contributed by atoms with Gasteiger partial charge in [-0.15, -0.1) is 0 Å². The Morgan fingerprint density at radius 1 is 1.14 bits per heavy atom. The number of rotatable bonds is 8. The van der Waals surface area contributed by atoms with E-state index in [0.717, 1.165) is 31.9 Å². The number of hydrogen-bond donors (Lipinski definition) is 2. The van der Waals surface area contributed by atoms with E-state index in [2.05, 4.69) is 70.8 Å². The second kappa shape index (κ2) is 8.34. The van der Waals surface area contributed by atoms with E-state index in [1.165, 1.54) is 11.1 Å². The molecule has 0 bridgehead atoms. The number of nitrogens with one attached hydrogen (secondary N) is 2. The van der Waals surface area contributed by atoms with Gasteiger partial charge in [-0.25, -0.2) is 4.98 Å². The van der Waals surface area contributed by atoms with Crippen LogP contribution in [-0.4, -0.2) is 42.1 Å². The highest BCUT2D eigenvalue weighted by Gasteiger charge is 2.00. The zero-order valence-electron chi connectivity index (χ0n) is 13.6. The maximum atomic E-state index is 4.48. The van der Waals surface area contributed by atoms with Crippen LogP contribution >= 0.6 is 0 Å². The van der Waals surface area contributed by atoms with Crippen molar-refractivity contribution in [2.45, 2.75) is 19.9 Å². The van der Waals surface area contributed by atoms with Gasteiger partial charge in [-0.3, -0.25) is 0 Å². The Bertz CT molecular complexity index is 583. The van der Waals surface area contributed by atoms with Crippen LogP contribution in [0.15, 0.2) is 36.5 Å². The molecular weight excluding hydrogens is 274 g/mol. The van der Waals surface area contributed by atoms with E-state index in [9.17, 15) is 0 Å². The molecule has 22 heavy (non-hydrogen) atoms. The van der Waals surface area contributed by atoms with E-state index in [0.29, 0.717) is 5.95 Å². The van der Waals surface area contributed by atoms with Crippen LogP contribution in [0.1, 0.15) is 17.5 Å². The highest BCUT2D eigenvalue weighted by molar-refractivity contribution is 5.40. The van der Waals surface area contributed by atoms with E-state index >= 15 is 0 Å². The molecule has 1 heterocycles. The van der Waals surface area contributed by atoms with Gasteiger partial charge >= 0.3 is 0 Å². The number of anilines is 2. The molecular formula is C17H25N5. The minimum Gasteiger partial charge on any atom is -0.366 e. The first-order chi connectivity index (χ1) is 10.6. The van der Waals surface area contributed by atoms with Gasteiger partial charge in [0.2, 0.25) is 5.95 Å². The molecule has 1 aromatic heterocycles. The lowest BCUT2D eigenvalue weighted by molar-refractivity contribution is 0.405. The maximum Gasteiger partial charge on any atom is 0.224 e. The van der Waals surface area contributed by atoms with Crippen LogP contribution < -0.4 is 10.6 Å². The number of aromatic nitrogens is 2. The normalized spacial score (nSPS) is 10.7. The summed E-state index contributed by atoms with van der Waals surface area (Å²) in [5, 5.41) is 6.60. The van der Waals surface area contributed by atoms with Crippen molar-refractivity contribution in [3.63, 3.8) is 0 Å². The Morgan fingerprint density at radius 2 is 2.00 bits per heavy atom. The van der Waals surface area contributed by atoms with Crippen molar-refractivity contribution in [3.05, 3.63) is 47.7 Å². The van der Waals surface area contributed by atoms with Gasteiger partial charge in [0, 0.05) is 19.3 Å². The molecule has 2 N–H and O–H groups in total. The molecule has 0 radical (unpaired) electrons. The van der Waals surface area contributed by atoms with Crippen LogP contribution in [0.5, 0.6) is 0 Å². The van der Waals surface area contributed by atoms with Crippen LogP contribution in [0.3, 0.4) is 0 Å². The molecule has 0 fully saturated rings. The SMILES string of the molecule is Cc1cccc(CNc2ccnc(NCCCN(C)C)n2)c1. The monoisotopic (exact) mass is 299 g/mol. The minimum absolute atomic E-state index is 0.674. The second-order valence-corrected chi connectivity index (χ2v) is 5.69. The standard InChI is InChI=1S/C17H25N5/c1-14-6-4-7-15(12-14)13-20-16-8-10-19-17(21-16)18-9-5-11-22(2)3/h4,6-8,10,12H,5,9,11,13H2,1-3H3,(H2,18,19,20,21). The molecule has 5 heteroatoms. The molecule has 0 aliphatic rings.